The molecule has 4 heteroatoms. The fraction of sp³-hybridized carbons (Fsp3) is 0.179. The van der Waals surface area contributed by atoms with Crippen molar-refractivity contribution in [3.8, 4) is 22.6 Å². The molecule has 0 heterocycles. The molecule has 6 aromatic rings. The largest absolute Gasteiger partial charge is 0.491 e. The van der Waals surface area contributed by atoms with Gasteiger partial charge in [0.1, 0.15) is 24.7 Å². The van der Waals surface area contributed by atoms with Gasteiger partial charge in [0.05, 0.1) is 18.6 Å². The van der Waals surface area contributed by atoms with Crippen LogP contribution in [0.15, 0.2) is 121 Å². The van der Waals surface area contributed by atoms with Crippen LogP contribution in [0.25, 0.3) is 32.7 Å². The molecular formula is C39H34O4. The molecule has 214 valence electrons. The fourth-order valence-corrected chi connectivity index (χ4v) is 6.60. The molecular weight excluding hydrogens is 532 g/mol. The maximum absolute atomic E-state index is 5.90. The number of hydrogen-bond donors (Lipinski definition) is 0. The van der Waals surface area contributed by atoms with E-state index >= 15 is 0 Å². The minimum absolute atomic E-state index is 0.475. The molecule has 0 radical (unpaired) electrons. The van der Waals surface area contributed by atoms with E-state index in [1.54, 1.807) is 14.2 Å². The van der Waals surface area contributed by atoms with Gasteiger partial charge in [-0.2, -0.15) is 0 Å². The van der Waals surface area contributed by atoms with Gasteiger partial charge >= 0.3 is 0 Å². The van der Waals surface area contributed by atoms with Crippen LogP contribution in [0.1, 0.15) is 22.3 Å². The molecule has 6 aromatic carbocycles. The fourth-order valence-electron chi connectivity index (χ4n) is 6.60. The van der Waals surface area contributed by atoms with Crippen LogP contribution in [0.2, 0.25) is 0 Å². The van der Waals surface area contributed by atoms with E-state index in [1.807, 2.05) is 12.1 Å². The molecule has 0 amide bonds. The Morgan fingerprint density at radius 2 is 0.860 bits per heavy atom. The van der Waals surface area contributed by atoms with Crippen molar-refractivity contribution in [1.29, 1.82) is 0 Å². The molecule has 4 nitrogen and oxygen atoms in total. The highest BCUT2D eigenvalue weighted by molar-refractivity contribution is 5.92. The zero-order valence-corrected chi connectivity index (χ0v) is 24.5. The lowest BCUT2D eigenvalue weighted by atomic mass is 9.67. The van der Waals surface area contributed by atoms with Gasteiger partial charge in [-0.3, -0.25) is 0 Å². The molecule has 0 atom stereocenters. The maximum atomic E-state index is 5.90. The van der Waals surface area contributed by atoms with Crippen LogP contribution in [0, 0.1) is 0 Å². The van der Waals surface area contributed by atoms with Gasteiger partial charge in [0.25, 0.3) is 0 Å². The predicted octanol–water partition coefficient (Wildman–Crippen LogP) is 8.41. The Kier molecular flexibility index (Phi) is 7.32. The van der Waals surface area contributed by atoms with Gasteiger partial charge in [0.15, 0.2) is 0 Å². The molecule has 0 N–H and O–H groups in total. The Morgan fingerprint density at radius 1 is 0.442 bits per heavy atom. The second-order valence-electron chi connectivity index (χ2n) is 11.0. The first kappa shape index (κ1) is 27.2. The molecule has 1 aliphatic carbocycles. The topological polar surface area (TPSA) is 36.9 Å². The Bertz CT molecular complexity index is 1780. The highest BCUT2D eigenvalue weighted by Gasteiger charge is 2.46. The van der Waals surface area contributed by atoms with E-state index in [0.29, 0.717) is 26.4 Å². The SMILES string of the molecule is COCCOc1ccc2cc(C3(c4ccc5cc(OCCOC)ccc5c4)c4ccccc4-c4ccccc43)ccc2c1. The van der Waals surface area contributed by atoms with Crippen LogP contribution in [0.5, 0.6) is 11.5 Å². The van der Waals surface area contributed by atoms with Crippen LogP contribution in [0.3, 0.4) is 0 Å². The van der Waals surface area contributed by atoms with Gasteiger partial charge in [-0.25, -0.2) is 0 Å². The van der Waals surface area contributed by atoms with Crippen molar-refractivity contribution in [3.05, 3.63) is 144 Å². The van der Waals surface area contributed by atoms with Crippen molar-refractivity contribution in [3.63, 3.8) is 0 Å². The first-order valence-corrected chi connectivity index (χ1v) is 14.7. The van der Waals surface area contributed by atoms with Gasteiger partial charge in [-0.15, -0.1) is 0 Å². The van der Waals surface area contributed by atoms with Crippen molar-refractivity contribution >= 4 is 21.5 Å². The van der Waals surface area contributed by atoms with E-state index in [-0.39, 0.29) is 0 Å². The quantitative estimate of drug-likeness (QED) is 0.156. The first-order chi connectivity index (χ1) is 21.2. The average molecular weight is 567 g/mol. The maximum Gasteiger partial charge on any atom is 0.120 e. The molecule has 0 aliphatic heterocycles. The summed E-state index contributed by atoms with van der Waals surface area (Å²) >= 11 is 0. The first-order valence-electron chi connectivity index (χ1n) is 14.7. The third kappa shape index (κ3) is 4.73. The van der Waals surface area contributed by atoms with Crippen LogP contribution >= 0.6 is 0 Å². The molecule has 1 aliphatic rings. The monoisotopic (exact) mass is 566 g/mol. The van der Waals surface area contributed by atoms with Gasteiger partial charge in [0.2, 0.25) is 0 Å². The number of fused-ring (bicyclic) bond motifs is 5. The van der Waals surface area contributed by atoms with E-state index in [1.165, 1.54) is 44.2 Å². The Hall–Kier alpha value is -4.64. The summed E-state index contributed by atoms with van der Waals surface area (Å²) in [4.78, 5) is 0. The molecule has 43 heavy (non-hydrogen) atoms. The number of benzene rings is 6. The highest BCUT2D eigenvalue weighted by atomic mass is 16.5. The smallest absolute Gasteiger partial charge is 0.120 e. The Balaban J connectivity index is 1.41. The summed E-state index contributed by atoms with van der Waals surface area (Å²) in [6.45, 7) is 2.18. The van der Waals surface area contributed by atoms with Crippen molar-refractivity contribution in [2.45, 2.75) is 5.41 Å². The standard InChI is InChI=1S/C39H34O4/c1-40-19-21-42-33-17-13-27-23-31(15-11-29(27)25-33)39(37-9-5-3-7-35(37)36-8-4-6-10-38(36)39)32-16-12-30-26-34(43-22-20-41-2)18-14-28(30)24-32/h3-18,23-26H,19-22H2,1-2H3. The predicted molar refractivity (Wildman–Crippen MR) is 173 cm³/mol. The van der Waals surface area contributed by atoms with E-state index in [0.717, 1.165) is 22.3 Å². The van der Waals surface area contributed by atoms with Crippen LogP contribution in [-0.2, 0) is 14.9 Å². The number of ether oxygens (including phenoxy) is 4. The molecule has 0 fully saturated rings. The summed E-state index contributed by atoms with van der Waals surface area (Å²) in [7, 11) is 3.37. The third-order valence-electron chi connectivity index (χ3n) is 8.55. The summed E-state index contributed by atoms with van der Waals surface area (Å²) in [5.41, 5.74) is 7.16. The van der Waals surface area contributed by atoms with Gasteiger partial charge < -0.3 is 18.9 Å². The molecule has 0 bridgehead atoms. The molecule has 0 spiro atoms. The average Bonchev–Trinajstić information content (AvgIpc) is 3.36. The number of methoxy groups -OCH3 is 2. The van der Waals surface area contributed by atoms with E-state index in [4.69, 9.17) is 18.9 Å². The van der Waals surface area contributed by atoms with Gasteiger partial charge in [-0.05, 0) is 91.3 Å². The van der Waals surface area contributed by atoms with E-state index < -0.39 is 5.41 Å². The van der Waals surface area contributed by atoms with Gasteiger partial charge in [0, 0.05) is 14.2 Å². The normalized spacial score (nSPS) is 13.2. The second kappa shape index (κ2) is 11.6. The molecule has 0 saturated heterocycles. The van der Waals surface area contributed by atoms with Crippen molar-refractivity contribution in [1.82, 2.24) is 0 Å². The summed E-state index contributed by atoms with van der Waals surface area (Å²) in [5, 5.41) is 4.65. The van der Waals surface area contributed by atoms with Crippen LogP contribution < -0.4 is 9.47 Å². The van der Waals surface area contributed by atoms with E-state index in [9.17, 15) is 0 Å². The van der Waals surface area contributed by atoms with Crippen LogP contribution in [0.4, 0.5) is 0 Å². The molecule has 0 saturated carbocycles. The lowest BCUT2D eigenvalue weighted by molar-refractivity contribution is 0.146. The number of rotatable bonds is 10. The summed E-state index contributed by atoms with van der Waals surface area (Å²) in [6.07, 6.45) is 0. The third-order valence-corrected chi connectivity index (χ3v) is 8.55. The Morgan fingerprint density at radius 3 is 1.33 bits per heavy atom. The van der Waals surface area contributed by atoms with Gasteiger partial charge in [-0.1, -0.05) is 84.9 Å². The highest BCUT2D eigenvalue weighted by Crippen LogP contribution is 2.56. The zero-order chi connectivity index (χ0) is 29.2. The lowest BCUT2D eigenvalue weighted by Gasteiger charge is -2.34. The number of hydrogen-bond acceptors (Lipinski definition) is 4. The zero-order valence-electron chi connectivity index (χ0n) is 24.5. The Labute approximate surface area is 252 Å². The lowest BCUT2D eigenvalue weighted by Crippen LogP contribution is -2.28. The van der Waals surface area contributed by atoms with Crippen molar-refractivity contribution in [2.75, 3.05) is 40.6 Å². The summed E-state index contributed by atoms with van der Waals surface area (Å²) in [6, 6.07) is 44.1. The van der Waals surface area contributed by atoms with Crippen molar-refractivity contribution in [2.24, 2.45) is 0 Å². The summed E-state index contributed by atoms with van der Waals surface area (Å²) in [5.74, 6) is 1.70. The van der Waals surface area contributed by atoms with Crippen molar-refractivity contribution < 1.29 is 18.9 Å². The molecule has 7 rings (SSSR count). The second-order valence-corrected chi connectivity index (χ2v) is 11.0. The minimum Gasteiger partial charge on any atom is -0.491 e. The molecule has 0 unspecified atom stereocenters. The van der Waals surface area contributed by atoms with E-state index in [2.05, 4.69) is 109 Å². The van der Waals surface area contributed by atoms with Crippen LogP contribution in [-0.4, -0.2) is 40.6 Å². The minimum atomic E-state index is -0.475. The summed E-state index contributed by atoms with van der Waals surface area (Å²) < 4.78 is 22.1. The molecule has 0 aromatic heterocycles.